The molecule has 0 fully saturated rings. The summed E-state index contributed by atoms with van der Waals surface area (Å²) in [5, 5.41) is 24.1. The van der Waals surface area contributed by atoms with Gasteiger partial charge >= 0.3 is 12.7 Å². The Hall–Kier alpha value is -5.06. The molecule has 0 saturated carbocycles. The number of anilines is 3. The molecule has 0 heterocycles. The van der Waals surface area contributed by atoms with Crippen molar-refractivity contribution in [2.45, 2.75) is 12.7 Å². The van der Waals surface area contributed by atoms with E-state index in [0.717, 1.165) is 34.8 Å². The Kier molecular flexibility index (Phi) is 12.1. The van der Waals surface area contributed by atoms with Gasteiger partial charge in [0.05, 0.1) is 22.0 Å². The van der Waals surface area contributed by atoms with Crippen LogP contribution in [0.5, 0.6) is 11.5 Å². The molecule has 0 atom stereocenters. The van der Waals surface area contributed by atoms with Gasteiger partial charge in [-0.3, -0.25) is 20.2 Å². The minimum absolute atomic E-state index is 0.0701. The minimum atomic E-state index is -4.90. The number of nitro groups is 2. The van der Waals surface area contributed by atoms with Gasteiger partial charge in [-0.2, -0.15) is 0 Å². The number of alkyl halides is 6. The van der Waals surface area contributed by atoms with E-state index in [0.29, 0.717) is 11.8 Å². The van der Waals surface area contributed by atoms with E-state index in [9.17, 15) is 46.6 Å². The predicted octanol–water partition coefficient (Wildman–Crippen LogP) is 8.76. The van der Waals surface area contributed by atoms with Crippen LogP contribution < -0.4 is 20.5 Å². The quantitative estimate of drug-likeness (QED) is 0.0893. The predicted molar refractivity (Wildman–Crippen MR) is 148 cm³/mol. The first-order valence-electron chi connectivity index (χ1n) is 11.4. The van der Waals surface area contributed by atoms with Gasteiger partial charge in [0, 0.05) is 10.2 Å². The number of nitrogen functional groups attached to an aromatic ring is 1. The number of nitrogens with zero attached hydrogens (tertiary/aromatic N) is 2. The number of benzene rings is 4. The molecule has 4 rings (SSSR count). The van der Waals surface area contributed by atoms with Crippen LogP contribution in [0.1, 0.15) is 0 Å². The maximum atomic E-state index is 12.1. The van der Waals surface area contributed by atoms with Crippen molar-refractivity contribution >= 4 is 44.4 Å². The highest BCUT2D eigenvalue weighted by molar-refractivity contribution is 9.10. The third kappa shape index (κ3) is 13.0. The highest BCUT2D eigenvalue weighted by atomic mass is 79.9. The van der Waals surface area contributed by atoms with Gasteiger partial charge in [-0.1, -0.05) is 52.3 Å². The summed E-state index contributed by atoms with van der Waals surface area (Å²) in [4.78, 5) is 19.6. The number of rotatable bonds is 6. The van der Waals surface area contributed by atoms with Gasteiger partial charge in [0.25, 0.3) is 11.4 Å². The lowest BCUT2D eigenvalue weighted by molar-refractivity contribution is -0.384. The number of ether oxygens (including phenoxy) is 2. The summed E-state index contributed by atoms with van der Waals surface area (Å²) < 4.78 is 79.9. The van der Waals surface area contributed by atoms with Crippen LogP contribution in [0.4, 0.5) is 54.8 Å². The topological polar surface area (TPSA) is 143 Å². The van der Waals surface area contributed by atoms with Gasteiger partial charge in [-0.25, -0.2) is 0 Å². The lowest BCUT2D eigenvalue weighted by Gasteiger charge is -2.11. The van der Waals surface area contributed by atoms with Crippen LogP contribution in [-0.4, -0.2) is 22.6 Å². The number of hydrogen-bond acceptors (Lipinski definition) is 8. The molecule has 17 heteroatoms. The molecule has 3 N–H and O–H groups in total. The van der Waals surface area contributed by atoms with Crippen molar-refractivity contribution < 1.29 is 45.7 Å². The molecular formula is C26H19BrF6N4O6. The Balaban J connectivity index is 0.000000254. The number of para-hydroxylation sites is 1. The van der Waals surface area contributed by atoms with Crippen LogP contribution in [0.15, 0.2) is 102 Å². The number of halogens is 7. The second-order valence-electron chi connectivity index (χ2n) is 7.80. The molecule has 0 aliphatic carbocycles. The average molecular weight is 677 g/mol. The molecular weight excluding hydrogens is 658 g/mol. The first-order chi connectivity index (χ1) is 20.0. The van der Waals surface area contributed by atoms with Gasteiger partial charge in [-0.05, 0) is 48.5 Å². The van der Waals surface area contributed by atoms with Crippen molar-refractivity contribution in [3.63, 3.8) is 0 Å². The average Bonchev–Trinajstić information content (AvgIpc) is 2.90. The van der Waals surface area contributed by atoms with Crippen LogP contribution in [-0.2, 0) is 0 Å². The van der Waals surface area contributed by atoms with Crippen LogP contribution in [0.2, 0.25) is 0 Å². The van der Waals surface area contributed by atoms with Crippen molar-refractivity contribution in [3.8, 4) is 11.5 Å². The van der Waals surface area contributed by atoms with E-state index in [2.05, 4.69) is 30.7 Å². The lowest BCUT2D eigenvalue weighted by Crippen LogP contribution is -2.17. The maximum Gasteiger partial charge on any atom is 0.573 e. The largest absolute Gasteiger partial charge is 0.573 e. The minimum Gasteiger partial charge on any atom is -0.406 e. The van der Waals surface area contributed by atoms with E-state index in [-0.39, 0.29) is 11.4 Å². The maximum absolute atomic E-state index is 12.1. The monoisotopic (exact) mass is 676 g/mol. The van der Waals surface area contributed by atoms with Crippen LogP contribution >= 0.6 is 15.9 Å². The SMILES string of the molecule is Brc1ccccc1.Nc1ccc(OC(F)(F)F)cc1[N+](=O)[O-].O=[N+]([O-])c1cc(OC(F)(F)F)ccc1Nc1ccccc1. The van der Waals surface area contributed by atoms with Gasteiger partial charge < -0.3 is 20.5 Å². The third-order valence-corrected chi connectivity index (χ3v) is 5.15. The highest BCUT2D eigenvalue weighted by Gasteiger charge is 2.33. The van der Waals surface area contributed by atoms with Crippen molar-refractivity contribution in [2.24, 2.45) is 0 Å². The van der Waals surface area contributed by atoms with E-state index in [1.54, 1.807) is 30.3 Å². The van der Waals surface area contributed by atoms with Gasteiger partial charge in [0.1, 0.15) is 22.9 Å². The van der Waals surface area contributed by atoms with E-state index >= 15 is 0 Å². The zero-order valence-electron chi connectivity index (χ0n) is 21.3. The number of nitrogens with one attached hydrogen (secondary N) is 1. The standard InChI is InChI=1S/C13H9F3N2O3.C7H5F3N2O3.C6H5Br/c14-13(15,16)21-10-6-7-11(12(8-10)18(19)20)17-9-4-2-1-3-5-9;8-7(9,10)15-4-1-2-5(11)6(3-4)12(13)14;7-6-4-2-1-3-5-6/h1-8,17H;1-3H,11H2;1-5H. The molecule has 4 aromatic carbocycles. The second kappa shape index (κ2) is 15.2. The molecule has 0 saturated heterocycles. The van der Waals surface area contributed by atoms with E-state index in [4.69, 9.17) is 5.73 Å². The molecule has 0 aromatic heterocycles. The Bertz CT molecular complexity index is 1510. The molecule has 0 aliphatic rings. The fraction of sp³-hybridized carbons (Fsp3) is 0.0769. The molecule has 0 spiro atoms. The molecule has 0 aliphatic heterocycles. The van der Waals surface area contributed by atoms with Crippen LogP contribution in [0, 0.1) is 20.2 Å². The molecule has 0 radical (unpaired) electrons. The van der Waals surface area contributed by atoms with E-state index in [1.807, 2.05) is 30.3 Å². The molecule has 0 bridgehead atoms. The summed E-state index contributed by atoms with van der Waals surface area (Å²) in [6.45, 7) is 0. The molecule has 0 amide bonds. The fourth-order valence-electron chi connectivity index (χ4n) is 2.94. The molecule has 10 nitrogen and oxygen atoms in total. The van der Waals surface area contributed by atoms with Gasteiger partial charge in [0.15, 0.2) is 0 Å². The Morgan fingerprint density at radius 1 is 0.674 bits per heavy atom. The van der Waals surface area contributed by atoms with Crippen molar-refractivity contribution in [1.82, 2.24) is 0 Å². The summed E-state index contributed by atoms with van der Waals surface area (Å²) in [5.74, 6) is -1.32. The van der Waals surface area contributed by atoms with Gasteiger partial charge in [0.2, 0.25) is 0 Å². The van der Waals surface area contributed by atoms with Gasteiger partial charge in [-0.15, -0.1) is 26.3 Å². The summed E-state index contributed by atoms with van der Waals surface area (Å²) in [6, 6.07) is 23.9. The lowest BCUT2D eigenvalue weighted by atomic mass is 10.2. The summed E-state index contributed by atoms with van der Waals surface area (Å²) in [5.41, 5.74) is 4.45. The fourth-order valence-corrected chi connectivity index (χ4v) is 3.24. The number of nitro benzene ring substituents is 2. The normalized spacial score (nSPS) is 10.7. The van der Waals surface area contributed by atoms with E-state index in [1.165, 1.54) is 0 Å². The first kappa shape index (κ1) is 34.1. The summed E-state index contributed by atoms with van der Waals surface area (Å²) >= 11 is 3.31. The van der Waals surface area contributed by atoms with Crippen molar-refractivity contribution in [2.75, 3.05) is 11.1 Å². The molecule has 43 heavy (non-hydrogen) atoms. The van der Waals surface area contributed by atoms with Crippen molar-refractivity contribution in [3.05, 3.63) is 122 Å². The van der Waals surface area contributed by atoms with Crippen LogP contribution in [0.25, 0.3) is 0 Å². The third-order valence-electron chi connectivity index (χ3n) is 4.62. The highest BCUT2D eigenvalue weighted by Crippen LogP contribution is 2.34. The van der Waals surface area contributed by atoms with Crippen LogP contribution in [0.3, 0.4) is 0 Å². The zero-order valence-corrected chi connectivity index (χ0v) is 22.9. The summed E-state index contributed by atoms with van der Waals surface area (Å²) in [7, 11) is 0. The number of nitrogens with two attached hydrogens (primary N) is 1. The first-order valence-corrected chi connectivity index (χ1v) is 12.2. The Morgan fingerprint density at radius 2 is 1.12 bits per heavy atom. The molecule has 0 unspecified atom stereocenters. The van der Waals surface area contributed by atoms with Crippen molar-refractivity contribution in [1.29, 1.82) is 0 Å². The number of hydrogen-bond donors (Lipinski definition) is 2. The Labute approximate surface area is 247 Å². The zero-order chi connectivity index (χ0) is 32.2. The van der Waals surface area contributed by atoms with E-state index < -0.39 is 45.4 Å². The molecule has 228 valence electrons. The smallest absolute Gasteiger partial charge is 0.406 e. The molecule has 4 aromatic rings. The second-order valence-corrected chi connectivity index (χ2v) is 8.71. The Morgan fingerprint density at radius 3 is 1.53 bits per heavy atom. The summed E-state index contributed by atoms with van der Waals surface area (Å²) in [6.07, 6.45) is -9.79.